The van der Waals surface area contributed by atoms with Gasteiger partial charge in [-0.1, -0.05) is 13.0 Å². The molecule has 1 aromatic carbocycles. The van der Waals surface area contributed by atoms with Gasteiger partial charge in [0, 0.05) is 22.9 Å². The zero-order valence-corrected chi connectivity index (χ0v) is 10.0. The monoisotopic (exact) mass is 237 g/mol. The molecule has 0 radical (unpaired) electrons. The molecule has 16 heavy (non-hydrogen) atoms. The molecule has 2 rings (SSSR count). The first-order valence-corrected chi connectivity index (χ1v) is 6.44. The van der Waals surface area contributed by atoms with E-state index in [1.165, 1.54) is 4.90 Å². The Morgan fingerprint density at radius 2 is 2.44 bits per heavy atom. The van der Waals surface area contributed by atoms with Crippen molar-refractivity contribution in [2.24, 2.45) is 0 Å². The van der Waals surface area contributed by atoms with Gasteiger partial charge in [-0.05, 0) is 24.1 Å². The molecule has 2 N–H and O–H groups in total. The second-order valence-electron chi connectivity index (χ2n) is 3.83. The van der Waals surface area contributed by atoms with Crippen molar-refractivity contribution in [2.45, 2.75) is 24.2 Å². The number of hydrogen-bond acceptors (Lipinski definition) is 3. The van der Waals surface area contributed by atoms with Crippen LogP contribution < -0.4 is 5.32 Å². The summed E-state index contributed by atoms with van der Waals surface area (Å²) < 4.78 is 0. The zero-order chi connectivity index (χ0) is 11.5. The van der Waals surface area contributed by atoms with Gasteiger partial charge in [-0.25, -0.2) is 0 Å². The lowest BCUT2D eigenvalue weighted by molar-refractivity contribution is -0.138. The Hall–Kier alpha value is -1.16. The normalized spacial score (nSPS) is 16.1. The van der Waals surface area contributed by atoms with E-state index in [9.17, 15) is 4.79 Å². The SMILES string of the molecule is CCC(C(=O)O)c1ccc2c(c1)NCCS2. The minimum Gasteiger partial charge on any atom is -0.481 e. The molecule has 0 bridgehead atoms. The van der Waals surface area contributed by atoms with Crippen molar-refractivity contribution in [1.82, 2.24) is 0 Å². The fourth-order valence-corrected chi connectivity index (χ4v) is 2.80. The summed E-state index contributed by atoms with van der Waals surface area (Å²) in [4.78, 5) is 12.3. The number of anilines is 1. The Balaban J connectivity index is 2.32. The molecule has 0 fully saturated rings. The van der Waals surface area contributed by atoms with Crippen LogP contribution in [0, 0.1) is 0 Å². The summed E-state index contributed by atoms with van der Waals surface area (Å²) in [6.45, 7) is 2.85. The Morgan fingerprint density at radius 1 is 1.62 bits per heavy atom. The van der Waals surface area contributed by atoms with Gasteiger partial charge in [0.15, 0.2) is 0 Å². The van der Waals surface area contributed by atoms with Gasteiger partial charge in [0.25, 0.3) is 0 Å². The van der Waals surface area contributed by atoms with E-state index >= 15 is 0 Å². The quantitative estimate of drug-likeness (QED) is 0.848. The summed E-state index contributed by atoms with van der Waals surface area (Å²) in [6.07, 6.45) is 0.626. The number of carboxylic acids is 1. The molecule has 1 heterocycles. The molecule has 1 aliphatic heterocycles. The molecule has 1 unspecified atom stereocenters. The Labute approximate surface area is 99.2 Å². The average Bonchev–Trinajstić information content (AvgIpc) is 2.29. The highest BCUT2D eigenvalue weighted by atomic mass is 32.2. The number of carbonyl (C=O) groups is 1. The van der Waals surface area contributed by atoms with E-state index in [0.717, 1.165) is 23.5 Å². The van der Waals surface area contributed by atoms with E-state index in [2.05, 4.69) is 5.32 Å². The lowest BCUT2D eigenvalue weighted by Gasteiger charge is -2.19. The third kappa shape index (κ3) is 2.16. The summed E-state index contributed by atoms with van der Waals surface area (Å²) in [6, 6.07) is 5.93. The van der Waals surface area contributed by atoms with Crippen LogP contribution in [0.4, 0.5) is 5.69 Å². The number of fused-ring (bicyclic) bond motifs is 1. The molecule has 0 spiro atoms. The van der Waals surface area contributed by atoms with Gasteiger partial charge < -0.3 is 10.4 Å². The predicted octanol–water partition coefficient (Wildman–Crippen LogP) is 2.78. The maximum Gasteiger partial charge on any atom is 0.310 e. The van der Waals surface area contributed by atoms with Crippen molar-refractivity contribution in [3.05, 3.63) is 23.8 Å². The lowest BCUT2D eigenvalue weighted by Crippen LogP contribution is -2.13. The second-order valence-corrected chi connectivity index (χ2v) is 4.97. The number of nitrogens with one attached hydrogen (secondary N) is 1. The van der Waals surface area contributed by atoms with Crippen LogP contribution in [0.3, 0.4) is 0 Å². The Morgan fingerprint density at radius 3 is 3.12 bits per heavy atom. The summed E-state index contributed by atoms with van der Waals surface area (Å²) in [7, 11) is 0. The van der Waals surface area contributed by atoms with Crippen molar-refractivity contribution in [3.63, 3.8) is 0 Å². The summed E-state index contributed by atoms with van der Waals surface area (Å²) in [5.41, 5.74) is 1.97. The minimum absolute atomic E-state index is 0.390. The Kier molecular flexibility index (Phi) is 3.39. The molecule has 0 aliphatic carbocycles. The smallest absolute Gasteiger partial charge is 0.310 e. The van der Waals surface area contributed by atoms with Crippen LogP contribution in [0.5, 0.6) is 0 Å². The standard InChI is InChI=1S/C12H15NO2S/c1-2-9(12(14)15)8-3-4-11-10(7-8)13-5-6-16-11/h3-4,7,9,13H,2,5-6H2,1H3,(H,14,15). The van der Waals surface area contributed by atoms with Gasteiger partial charge in [-0.15, -0.1) is 11.8 Å². The molecule has 1 aliphatic rings. The van der Waals surface area contributed by atoms with Crippen molar-refractivity contribution >= 4 is 23.4 Å². The minimum atomic E-state index is -0.745. The van der Waals surface area contributed by atoms with Crippen molar-refractivity contribution in [3.8, 4) is 0 Å². The van der Waals surface area contributed by atoms with Crippen LogP contribution in [0.25, 0.3) is 0 Å². The number of benzene rings is 1. The highest BCUT2D eigenvalue weighted by Crippen LogP contribution is 2.33. The van der Waals surface area contributed by atoms with E-state index in [4.69, 9.17) is 5.11 Å². The number of carboxylic acid groups (broad SMARTS) is 1. The molecular weight excluding hydrogens is 222 g/mol. The molecule has 86 valence electrons. The third-order valence-electron chi connectivity index (χ3n) is 2.79. The van der Waals surface area contributed by atoms with Gasteiger partial charge in [0.1, 0.15) is 0 Å². The molecule has 4 heteroatoms. The van der Waals surface area contributed by atoms with Gasteiger partial charge in [-0.3, -0.25) is 4.79 Å². The fraction of sp³-hybridized carbons (Fsp3) is 0.417. The maximum absolute atomic E-state index is 11.1. The highest BCUT2D eigenvalue weighted by molar-refractivity contribution is 7.99. The molecule has 0 amide bonds. The fourth-order valence-electron chi connectivity index (χ4n) is 1.93. The first-order chi connectivity index (χ1) is 7.72. The Bertz CT molecular complexity index is 406. The average molecular weight is 237 g/mol. The predicted molar refractivity (Wildman–Crippen MR) is 66.3 cm³/mol. The van der Waals surface area contributed by atoms with Crippen molar-refractivity contribution < 1.29 is 9.90 Å². The first-order valence-electron chi connectivity index (χ1n) is 5.45. The largest absolute Gasteiger partial charge is 0.481 e. The summed E-state index contributed by atoms with van der Waals surface area (Å²) >= 11 is 1.82. The molecule has 0 saturated carbocycles. The van der Waals surface area contributed by atoms with E-state index in [1.807, 2.05) is 36.9 Å². The molecule has 0 saturated heterocycles. The maximum atomic E-state index is 11.1. The zero-order valence-electron chi connectivity index (χ0n) is 9.19. The molecule has 1 atom stereocenters. The first kappa shape index (κ1) is 11.3. The second kappa shape index (κ2) is 4.78. The number of aliphatic carboxylic acids is 1. The van der Waals surface area contributed by atoms with Crippen LogP contribution in [0.1, 0.15) is 24.8 Å². The summed E-state index contributed by atoms with van der Waals surface area (Å²) in [5.74, 6) is -0.0624. The highest BCUT2D eigenvalue weighted by Gasteiger charge is 2.19. The van der Waals surface area contributed by atoms with Crippen LogP contribution in [0.15, 0.2) is 23.1 Å². The van der Waals surface area contributed by atoms with Gasteiger partial charge in [0.05, 0.1) is 5.92 Å². The van der Waals surface area contributed by atoms with Crippen LogP contribution in [-0.2, 0) is 4.79 Å². The van der Waals surface area contributed by atoms with Gasteiger partial charge in [0.2, 0.25) is 0 Å². The molecule has 1 aromatic rings. The van der Waals surface area contributed by atoms with Gasteiger partial charge in [-0.2, -0.15) is 0 Å². The van der Waals surface area contributed by atoms with E-state index in [0.29, 0.717) is 6.42 Å². The molecular formula is C12H15NO2S. The lowest BCUT2D eigenvalue weighted by atomic mass is 9.96. The van der Waals surface area contributed by atoms with Crippen LogP contribution in [-0.4, -0.2) is 23.4 Å². The topological polar surface area (TPSA) is 49.3 Å². The van der Waals surface area contributed by atoms with E-state index in [-0.39, 0.29) is 5.92 Å². The number of thioether (sulfide) groups is 1. The van der Waals surface area contributed by atoms with Gasteiger partial charge >= 0.3 is 5.97 Å². The molecule has 0 aromatic heterocycles. The van der Waals surface area contributed by atoms with Crippen LogP contribution in [0.2, 0.25) is 0 Å². The van der Waals surface area contributed by atoms with E-state index < -0.39 is 5.97 Å². The number of hydrogen-bond donors (Lipinski definition) is 2. The van der Waals surface area contributed by atoms with Crippen molar-refractivity contribution in [1.29, 1.82) is 0 Å². The van der Waals surface area contributed by atoms with Crippen molar-refractivity contribution in [2.75, 3.05) is 17.6 Å². The summed E-state index contributed by atoms with van der Waals surface area (Å²) in [5, 5.41) is 12.4. The third-order valence-corrected chi connectivity index (χ3v) is 3.86. The molecule has 3 nitrogen and oxygen atoms in total. The van der Waals surface area contributed by atoms with Crippen LogP contribution >= 0.6 is 11.8 Å². The van der Waals surface area contributed by atoms with E-state index in [1.54, 1.807) is 0 Å². The number of rotatable bonds is 3.